The number of carbonyl (C=O) groups excluding carboxylic acids is 1. The second-order valence-electron chi connectivity index (χ2n) is 6.44. The van der Waals surface area contributed by atoms with Crippen molar-refractivity contribution >= 4 is 11.7 Å². The molecule has 6 nitrogen and oxygen atoms in total. The average molecular weight is 369 g/mol. The Morgan fingerprint density at radius 2 is 2.15 bits per heavy atom. The Bertz CT molecular complexity index is 711. The molecule has 2 rings (SSSR count). The van der Waals surface area contributed by atoms with Crippen molar-refractivity contribution in [3.05, 3.63) is 28.8 Å². The van der Waals surface area contributed by atoms with Crippen LogP contribution in [-0.4, -0.2) is 27.6 Å². The van der Waals surface area contributed by atoms with Crippen molar-refractivity contribution in [3.63, 3.8) is 0 Å². The van der Waals surface area contributed by atoms with Gasteiger partial charge in [-0.25, -0.2) is 13.6 Å². The van der Waals surface area contributed by atoms with Gasteiger partial charge in [-0.3, -0.25) is 4.68 Å². The molecule has 0 aliphatic heterocycles. The van der Waals surface area contributed by atoms with Crippen LogP contribution >= 0.6 is 0 Å². The number of hydrogen-bond acceptors (Lipinski definition) is 5. The van der Waals surface area contributed by atoms with Gasteiger partial charge in [-0.1, -0.05) is 18.5 Å². The van der Waals surface area contributed by atoms with Crippen LogP contribution in [0.4, 0.5) is 8.78 Å². The molecule has 1 aliphatic carbocycles. The number of carbonyl (C=O) groups is 1. The van der Waals surface area contributed by atoms with Gasteiger partial charge in [0.15, 0.2) is 0 Å². The number of aromatic nitrogens is 2. The maximum Gasteiger partial charge on any atom is 0.369 e. The number of nitrogens with zero attached hydrogens (tertiary/aromatic N) is 3. The van der Waals surface area contributed by atoms with Crippen LogP contribution in [0.1, 0.15) is 75.4 Å². The molecule has 0 N–H and O–H groups in total. The van der Waals surface area contributed by atoms with Gasteiger partial charge in [0.05, 0.1) is 11.8 Å². The minimum absolute atomic E-state index is 0.107. The Hall–Kier alpha value is -2.25. The van der Waals surface area contributed by atoms with Crippen LogP contribution in [-0.2, 0) is 16.6 Å². The van der Waals surface area contributed by atoms with E-state index in [2.05, 4.69) is 17.2 Å². The predicted molar refractivity (Wildman–Crippen MR) is 93.0 cm³/mol. The Morgan fingerprint density at radius 3 is 2.81 bits per heavy atom. The molecule has 144 valence electrons. The molecule has 1 heterocycles. The number of ether oxygens (including phenoxy) is 1. The third-order valence-electron chi connectivity index (χ3n) is 4.23. The zero-order valence-electron chi connectivity index (χ0n) is 15.6. The van der Waals surface area contributed by atoms with Gasteiger partial charge in [-0.05, 0) is 33.1 Å². The van der Waals surface area contributed by atoms with E-state index in [9.17, 15) is 13.6 Å². The number of halogens is 2. The number of alkyl halides is 2. The van der Waals surface area contributed by atoms with Crippen LogP contribution < -0.4 is 0 Å². The molecule has 0 bridgehead atoms. The highest BCUT2D eigenvalue weighted by Gasteiger charge is 2.25. The van der Waals surface area contributed by atoms with E-state index in [1.165, 1.54) is 13.2 Å². The summed E-state index contributed by atoms with van der Waals surface area (Å²) in [5, 5.41) is 7.49. The smallest absolute Gasteiger partial charge is 0.369 e. The van der Waals surface area contributed by atoms with Crippen molar-refractivity contribution in [3.8, 4) is 0 Å². The number of hydrogen-bond donors (Lipinski definition) is 0. The maximum atomic E-state index is 13.0. The van der Waals surface area contributed by atoms with E-state index in [0.717, 1.165) is 41.7 Å². The largest absolute Gasteiger partial charge is 0.495 e. The Balaban J connectivity index is 2.12. The molecule has 0 radical (unpaired) electrons. The first kappa shape index (κ1) is 20.1. The lowest BCUT2D eigenvalue weighted by Gasteiger charge is -2.23. The van der Waals surface area contributed by atoms with Gasteiger partial charge in [0.1, 0.15) is 17.0 Å². The number of allylic oxidation sites excluding steroid dienone is 2. The van der Waals surface area contributed by atoms with E-state index in [4.69, 9.17) is 9.57 Å². The molecule has 1 aromatic rings. The molecule has 1 aromatic heterocycles. The van der Waals surface area contributed by atoms with Crippen LogP contribution in [0, 0.1) is 0 Å². The van der Waals surface area contributed by atoms with Crippen molar-refractivity contribution in [2.45, 2.75) is 65.4 Å². The number of rotatable bonds is 7. The average Bonchev–Trinajstić information content (AvgIpc) is 2.98. The summed E-state index contributed by atoms with van der Waals surface area (Å²) in [4.78, 5) is 17.0. The van der Waals surface area contributed by atoms with Crippen molar-refractivity contribution < 1.29 is 23.1 Å². The lowest BCUT2D eigenvalue weighted by atomic mass is 9.96. The monoisotopic (exact) mass is 369 g/mol. The van der Waals surface area contributed by atoms with Crippen LogP contribution in [0.25, 0.3) is 0 Å². The fourth-order valence-electron chi connectivity index (χ4n) is 2.89. The Labute approximate surface area is 151 Å². The second-order valence-corrected chi connectivity index (χ2v) is 6.44. The first-order valence-electron chi connectivity index (χ1n) is 8.80. The van der Waals surface area contributed by atoms with Gasteiger partial charge in [0, 0.05) is 25.2 Å². The van der Waals surface area contributed by atoms with Crippen LogP contribution in [0.3, 0.4) is 0 Å². The van der Waals surface area contributed by atoms with Crippen molar-refractivity contribution in [1.29, 1.82) is 0 Å². The normalized spacial score (nSPS) is 17.7. The Kier molecular flexibility index (Phi) is 6.88. The molecular weight excluding hydrogens is 344 g/mol. The highest BCUT2D eigenvalue weighted by molar-refractivity contribution is 6.01. The zero-order valence-corrected chi connectivity index (χ0v) is 15.6. The van der Waals surface area contributed by atoms with Gasteiger partial charge in [-0.15, -0.1) is 0 Å². The molecular formula is C18H25F2N3O3. The van der Waals surface area contributed by atoms with Gasteiger partial charge < -0.3 is 9.57 Å². The minimum atomic E-state index is -2.86. The molecule has 0 saturated carbocycles. The van der Waals surface area contributed by atoms with Crippen molar-refractivity contribution in [1.82, 2.24) is 9.78 Å². The first-order chi connectivity index (χ1) is 12.3. The molecule has 1 unspecified atom stereocenters. The predicted octanol–water partition coefficient (Wildman–Crippen LogP) is 4.53. The molecule has 0 spiro atoms. The molecule has 0 fully saturated rings. The first-order valence-corrected chi connectivity index (χ1v) is 8.80. The van der Waals surface area contributed by atoms with Crippen LogP contribution in [0.2, 0.25) is 0 Å². The lowest BCUT2D eigenvalue weighted by Crippen LogP contribution is -2.17. The number of oxime groups is 1. The summed E-state index contributed by atoms with van der Waals surface area (Å²) in [7, 11) is 1.46. The van der Waals surface area contributed by atoms with Crippen molar-refractivity contribution in [2.24, 2.45) is 12.2 Å². The summed E-state index contributed by atoms with van der Waals surface area (Å²) in [5.74, 6) is -0.0947. The van der Waals surface area contributed by atoms with Crippen molar-refractivity contribution in [2.75, 3.05) is 0 Å². The van der Waals surface area contributed by atoms with Crippen LogP contribution in [0.5, 0.6) is 0 Å². The molecule has 1 atom stereocenters. The third kappa shape index (κ3) is 4.89. The second kappa shape index (κ2) is 8.91. The molecule has 0 amide bonds. The Morgan fingerprint density at radius 1 is 1.42 bits per heavy atom. The minimum Gasteiger partial charge on any atom is -0.495 e. The summed E-state index contributed by atoms with van der Waals surface area (Å²) in [6.45, 7) is 5.98. The fourth-order valence-corrected chi connectivity index (χ4v) is 2.89. The topological polar surface area (TPSA) is 65.7 Å². The third-order valence-corrected chi connectivity index (χ3v) is 4.23. The van der Waals surface area contributed by atoms with Gasteiger partial charge >= 0.3 is 5.97 Å². The quantitative estimate of drug-likeness (QED) is 0.523. The van der Waals surface area contributed by atoms with Gasteiger partial charge in [-0.2, -0.15) is 5.10 Å². The highest BCUT2D eigenvalue weighted by atomic mass is 19.3. The van der Waals surface area contributed by atoms with Gasteiger partial charge in [0.25, 0.3) is 6.43 Å². The molecule has 0 aromatic carbocycles. The standard InChI is InChI=1S/C18H25F2N3O3/c1-5-7-11(2)25-15-9-6-8-14(12(15)3)22-26-18(24)13-10-23(4)21-16(13)17(19)20/h10-11,17H,5-9H2,1-4H3. The number of aryl methyl sites for hydroxylation is 1. The summed E-state index contributed by atoms with van der Waals surface area (Å²) in [6.07, 6.45) is 2.72. The highest BCUT2D eigenvalue weighted by Crippen LogP contribution is 2.26. The fraction of sp³-hybridized carbons (Fsp3) is 0.611. The van der Waals surface area contributed by atoms with E-state index >= 15 is 0 Å². The molecule has 26 heavy (non-hydrogen) atoms. The van der Waals surface area contributed by atoms with E-state index in [1.807, 2.05) is 13.8 Å². The molecule has 1 aliphatic rings. The van der Waals surface area contributed by atoms with E-state index in [-0.39, 0.29) is 11.7 Å². The summed E-state index contributed by atoms with van der Waals surface area (Å²) >= 11 is 0. The molecule has 0 saturated heterocycles. The van der Waals surface area contributed by atoms with Gasteiger partial charge in [0.2, 0.25) is 0 Å². The van der Waals surface area contributed by atoms with E-state index in [1.54, 1.807) is 0 Å². The SMILES string of the molecule is CCCC(C)OC1=C(C)C(=NOC(=O)c2cn(C)nc2C(F)F)CCC1. The zero-order chi connectivity index (χ0) is 19.3. The summed E-state index contributed by atoms with van der Waals surface area (Å²) in [5.41, 5.74) is 0.557. The maximum absolute atomic E-state index is 13.0. The summed E-state index contributed by atoms with van der Waals surface area (Å²) < 4.78 is 33.0. The van der Waals surface area contributed by atoms with E-state index < -0.39 is 18.1 Å². The van der Waals surface area contributed by atoms with Crippen LogP contribution in [0.15, 0.2) is 22.7 Å². The van der Waals surface area contributed by atoms with E-state index in [0.29, 0.717) is 12.1 Å². The summed E-state index contributed by atoms with van der Waals surface area (Å²) in [6, 6.07) is 0. The molecule has 8 heteroatoms. The lowest BCUT2D eigenvalue weighted by molar-refractivity contribution is 0.0503.